The Bertz CT molecular complexity index is 1710. The van der Waals surface area contributed by atoms with Crippen LogP contribution in [0.4, 0.5) is 8.78 Å². The zero-order valence-electron chi connectivity index (χ0n) is 26.0. The van der Waals surface area contributed by atoms with Crippen LogP contribution in [-0.2, 0) is 11.3 Å². The van der Waals surface area contributed by atoms with Crippen LogP contribution in [0.3, 0.4) is 0 Å². The smallest absolute Gasteiger partial charge is 0.277 e. The van der Waals surface area contributed by atoms with Crippen molar-refractivity contribution in [3.63, 3.8) is 0 Å². The molecule has 0 bridgehead atoms. The first-order valence-electron chi connectivity index (χ1n) is 15.1. The molecular weight excluding hydrogens is 596 g/mol. The maximum absolute atomic E-state index is 14.9. The van der Waals surface area contributed by atoms with Crippen LogP contribution in [-0.4, -0.2) is 54.1 Å². The Labute approximate surface area is 266 Å². The number of unbranched alkanes of at least 4 members (excludes halogenated alkanes) is 1. The van der Waals surface area contributed by atoms with E-state index in [2.05, 4.69) is 0 Å². The van der Waals surface area contributed by atoms with Gasteiger partial charge in [0.1, 0.15) is 18.0 Å². The fourth-order valence-corrected chi connectivity index (χ4v) is 5.59. The van der Waals surface area contributed by atoms with Gasteiger partial charge in [0.05, 0.1) is 26.9 Å². The Morgan fingerprint density at radius 1 is 0.957 bits per heavy atom. The molecule has 1 amide bonds. The fraction of sp³-hybridized carbons (Fsp3) is 0.314. The minimum absolute atomic E-state index is 0.00971. The quantitative estimate of drug-likeness (QED) is 0.187. The van der Waals surface area contributed by atoms with E-state index in [1.54, 1.807) is 43.4 Å². The minimum atomic E-state index is -1.39. The molecule has 11 heteroatoms. The van der Waals surface area contributed by atoms with E-state index in [4.69, 9.17) is 14.2 Å². The summed E-state index contributed by atoms with van der Waals surface area (Å²) in [5, 5.41) is 12.7. The molecule has 0 fully saturated rings. The van der Waals surface area contributed by atoms with Gasteiger partial charge in [-0.3, -0.25) is 19.3 Å². The van der Waals surface area contributed by atoms with Gasteiger partial charge in [0.2, 0.25) is 11.2 Å². The number of nitrogens with zero attached hydrogens (tertiary/aromatic N) is 3. The van der Waals surface area contributed by atoms with Crippen LogP contribution in [0.1, 0.15) is 59.4 Å². The number of hydrogen-bond donors (Lipinski definition) is 1. The number of rotatable bonds is 13. The number of pyridine rings is 1. The number of phenolic OH excluding ortho intramolecular Hbond substituents is 1. The first kappa shape index (κ1) is 32.5. The largest absolute Gasteiger partial charge is 0.504 e. The van der Waals surface area contributed by atoms with E-state index in [0.717, 1.165) is 23.8 Å². The second-order valence-corrected chi connectivity index (χ2v) is 11.0. The third-order valence-corrected chi connectivity index (χ3v) is 8.03. The Balaban J connectivity index is 1.61. The number of phenols is 1. The van der Waals surface area contributed by atoms with Gasteiger partial charge in [-0.2, -0.15) is 4.39 Å². The Hall–Kier alpha value is -4.90. The first-order valence-corrected chi connectivity index (χ1v) is 15.1. The van der Waals surface area contributed by atoms with Crippen molar-refractivity contribution in [2.24, 2.45) is 0 Å². The van der Waals surface area contributed by atoms with E-state index in [0.29, 0.717) is 18.6 Å². The summed E-state index contributed by atoms with van der Waals surface area (Å²) in [6, 6.07) is 19.1. The summed E-state index contributed by atoms with van der Waals surface area (Å²) in [7, 11) is 3.20. The van der Waals surface area contributed by atoms with Crippen molar-refractivity contribution in [1.82, 2.24) is 9.58 Å². The van der Waals surface area contributed by atoms with Gasteiger partial charge >= 0.3 is 0 Å². The van der Waals surface area contributed by atoms with Gasteiger partial charge in [-0.05, 0) is 41.8 Å². The van der Waals surface area contributed by atoms with Gasteiger partial charge in [0.25, 0.3) is 5.91 Å². The second-order valence-electron chi connectivity index (χ2n) is 11.0. The maximum atomic E-state index is 14.9. The van der Waals surface area contributed by atoms with Gasteiger partial charge in [0, 0.05) is 31.3 Å². The van der Waals surface area contributed by atoms with Gasteiger partial charge in [-0.15, -0.1) is 0 Å². The van der Waals surface area contributed by atoms with Crippen LogP contribution in [0.15, 0.2) is 83.8 Å². The first-order chi connectivity index (χ1) is 22.3. The van der Waals surface area contributed by atoms with Crippen molar-refractivity contribution in [2.45, 2.75) is 45.0 Å². The number of aromatic hydroxyl groups is 1. The number of carbonyl (C=O) groups is 1. The molecule has 1 N–H and O–H groups in total. The number of ether oxygens (including phenoxy) is 3. The van der Waals surface area contributed by atoms with E-state index < -0.39 is 40.9 Å². The lowest BCUT2D eigenvalue weighted by Crippen LogP contribution is -2.61. The number of hydrogen-bond acceptors (Lipinski definition) is 7. The summed E-state index contributed by atoms with van der Waals surface area (Å²) in [4.78, 5) is 28.6. The van der Waals surface area contributed by atoms with Crippen LogP contribution >= 0.6 is 0 Å². The highest BCUT2D eigenvalue weighted by atomic mass is 19.2. The maximum Gasteiger partial charge on any atom is 0.277 e. The number of carbonyl (C=O) groups excluding carboxylic acids is 1. The van der Waals surface area contributed by atoms with Crippen molar-refractivity contribution in [3.8, 4) is 17.2 Å². The molecule has 2 heterocycles. The molecule has 4 aromatic rings. The Morgan fingerprint density at radius 3 is 2.39 bits per heavy atom. The fourth-order valence-electron chi connectivity index (χ4n) is 5.59. The summed E-state index contributed by atoms with van der Waals surface area (Å²) in [5.74, 6) is -3.27. The summed E-state index contributed by atoms with van der Waals surface area (Å²) in [6.45, 7) is 2.73. The van der Waals surface area contributed by atoms with E-state index in [9.17, 15) is 23.5 Å². The van der Waals surface area contributed by atoms with Crippen molar-refractivity contribution in [2.75, 3.05) is 32.4 Å². The molecular formula is C35H37F2N3O6. The van der Waals surface area contributed by atoms with Gasteiger partial charge in [-0.25, -0.2) is 4.39 Å². The molecule has 1 aliphatic rings. The molecule has 3 aromatic carbocycles. The molecule has 242 valence electrons. The van der Waals surface area contributed by atoms with Gasteiger partial charge < -0.3 is 24.2 Å². The highest BCUT2D eigenvalue weighted by Crippen LogP contribution is 2.40. The molecule has 0 aliphatic carbocycles. The molecule has 0 spiro atoms. The molecule has 1 aliphatic heterocycles. The van der Waals surface area contributed by atoms with Crippen molar-refractivity contribution in [3.05, 3.63) is 123 Å². The topological polar surface area (TPSA) is 93.5 Å². The monoisotopic (exact) mass is 633 g/mol. The average Bonchev–Trinajstić information content (AvgIpc) is 3.07. The highest BCUT2D eigenvalue weighted by molar-refractivity contribution is 5.96. The predicted octanol–water partition coefficient (Wildman–Crippen LogP) is 5.77. The molecule has 1 aromatic heterocycles. The lowest BCUT2D eigenvalue weighted by Gasteiger charge is -2.49. The number of fused-ring (bicyclic) bond motifs is 1. The molecule has 0 radical (unpaired) electrons. The van der Waals surface area contributed by atoms with Crippen LogP contribution in [0.5, 0.6) is 17.2 Å². The summed E-state index contributed by atoms with van der Waals surface area (Å²) in [6.07, 6.45) is 2.52. The average molecular weight is 634 g/mol. The predicted molar refractivity (Wildman–Crippen MR) is 169 cm³/mol. The molecule has 0 saturated carbocycles. The van der Waals surface area contributed by atoms with Gasteiger partial charge in [-0.1, -0.05) is 55.8 Å². The SMILES string of the molecule is CCCCOc1c2n(ccc1=O)N(C(c1ccccc1)c1ccc(F)c(F)c1O)C(CCOCc1ccc(OC)cc1)N(C)C2=O. The van der Waals surface area contributed by atoms with Crippen molar-refractivity contribution >= 4 is 5.91 Å². The molecule has 9 nitrogen and oxygen atoms in total. The zero-order chi connectivity index (χ0) is 32.8. The normalized spacial score (nSPS) is 15.1. The third-order valence-electron chi connectivity index (χ3n) is 8.03. The standard InChI is InChI=1S/C35H37F2N3O6/c1-4-5-20-46-34-28(41)17-19-39-32(34)35(43)38(2)29(18-21-45-22-23-11-13-25(44-3)14-12-23)40(39)31(24-9-7-6-8-10-24)26-15-16-27(36)30(37)33(26)42/h6-17,19,29,31,42H,4-5,18,20-22H2,1-3H3. The van der Waals surface area contributed by atoms with Crippen molar-refractivity contribution in [1.29, 1.82) is 0 Å². The van der Waals surface area contributed by atoms with Crippen LogP contribution in [0.2, 0.25) is 0 Å². The molecule has 2 unspecified atom stereocenters. The number of aromatic nitrogens is 1. The van der Waals surface area contributed by atoms with E-state index in [1.807, 2.05) is 37.3 Å². The number of amides is 1. The minimum Gasteiger partial charge on any atom is -0.504 e. The van der Waals surface area contributed by atoms with Crippen LogP contribution in [0, 0.1) is 11.6 Å². The lowest BCUT2D eigenvalue weighted by atomic mass is 9.95. The van der Waals surface area contributed by atoms with E-state index in [-0.39, 0.29) is 36.6 Å². The lowest BCUT2D eigenvalue weighted by molar-refractivity contribution is 0.0497. The third kappa shape index (κ3) is 6.55. The number of benzene rings is 3. The Kier molecular flexibility index (Phi) is 10.2. The van der Waals surface area contributed by atoms with Crippen LogP contribution in [0.25, 0.3) is 0 Å². The van der Waals surface area contributed by atoms with E-state index >= 15 is 0 Å². The van der Waals surface area contributed by atoms with Gasteiger partial charge in [0.15, 0.2) is 23.0 Å². The second kappa shape index (κ2) is 14.5. The molecule has 0 saturated heterocycles. The Morgan fingerprint density at radius 2 is 1.70 bits per heavy atom. The van der Waals surface area contributed by atoms with E-state index in [1.165, 1.54) is 27.9 Å². The number of halogens is 2. The van der Waals surface area contributed by atoms with Crippen LogP contribution < -0.4 is 19.9 Å². The zero-order valence-corrected chi connectivity index (χ0v) is 26.0. The molecule has 2 atom stereocenters. The molecule has 5 rings (SSSR count). The number of methoxy groups -OCH3 is 1. The summed E-state index contributed by atoms with van der Waals surface area (Å²) < 4.78 is 47.8. The van der Waals surface area contributed by atoms with Crippen molar-refractivity contribution < 1.29 is 32.9 Å². The summed E-state index contributed by atoms with van der Waals surface area (Å²) in [5.41, 5.74) is 1.14. The summed E-state index contributed by atoms with van der Waals surface area (Å²) >= 11 is 0. The molecule has 46 heavy (non-hydrogen) atoms. The highest BCUT2D eigenvalue weighted by Gasteiger charge is 2.43.